The lowest BCUT2D eigenvalue weighted by Crippen LogP contribution is -2.18. The predicted molar refractivity (Wildman–Crippen MR) is 96.9 cm³/mol. The van der Waals surface area contributed by atoms with Crippen molar-refractivity contribution in [3.8, 4) is 0 Å². The summed E-state index contributed by atoms with van der Waals surface area (Å²) in [6, 6.07) is 1.98. The molecule has 0 unspecified atom stereocenters. The first-order valence-electron chi connectivity index (χ1n) is 8.30. The van der Waals surface area contributed by atoms with Gasteiger partial charge in [0.15, 0.2) is 5.69 Å². The first kappa shape index (κ1) is 18.4. The van der Waals surface area contributed by atoms with E-state index in [-0.39, 0.29) is 11.3 Å². The Morgan fingerprint density at radius 2 is 1.85 bits per heavy atom. The molecule has 0 fully saturated rings. The summed E-state index contributed by atoms with van der Waals surface area (Å²) in [5.74, 6) is -1.76. The summed E-state index contributed by atoms with van der Waals surface area (Å²) < 4.78 is 4.72. The minimum atomic E-state index is -1.21. The number of aromatic carboxylic acids is 1. The molecule has 2 N–H and O–H groups in total. The Hall–Kier alpha value is -3.43. The van der Waals surface area contributed by atoms with Gasteiger partial charge in [-0.2, -0.15) is 15.3 Å². The van der Waals surface area contributed by atoms with Gasteiger partial charge < -0.3 is 10.4 Å². The highest BCUT2D eigenvalue weighted by molar-refractivity contribution is 6.10. The van der Waals surface area contributed by atoms with E-state index in [0.717, 1.165) is 21.8 Å². The van der Waals surface area contributed by atoms with Crippen molar-refractivity contribution in [2.24, 2.45) is 7.05 Å². The maximum absolute atomic E-state index is 12.6. The molecule has 27 heavy (non-hydrogen) atoms. The Balaban J connectivity index is 1.88. The number of aromatic nitrogens is 6. The molecular formula is C17H21N7O3. The first-order valence-corrected chi connectivity index (χ1v) is 8.30. The van der Waals surface area contributed by atoms with Crippen LogP contribution >= 0.6 is 0 Å². The molecule has 0 aliphatic rings. The number of carbonyl (C=O) groups is 2. The lowest BCUT2D eigenvalue weighted by molar-refractivity contribution is 0.0680. The zero-order valence-corrected chi connectivity index (χ0v) is 15.8. The number of nitrogens with zero attached hydrogens (tertiary/aromatic N) is 6. The van der Waals surface area contributed by atoms with Crippen LogP contribution in [0.3, 0.4) is 0 Å². The van der Waals surface area contributed by atoms with E-state index in [4.69, 9.17) is 0 Å². The molecule has 0 atom stereocenters. The maximum Gasteiger partial charge on any atom is 0.354 e. The van der Waals surface area contributed by atoms with Gasteiger partial charge in [0.25, 0.3) is 5.91 Å². The van der Waals surface area contributed by atoms with Gasteiger partial charge >= 0.3 is 5.97 Å². The molecular weight excluding hydrogens is 350 g/mol. The minimum Gasteiger partial charge on any atom is -0.477 e. The lowest BCUT2D eigenvalue weighted by Gasteiger charge is -2.08. The van der Waals surface area contributed by atoms with Gasteiger partial charge in [0.05, 0.1) is 34.5 Å². The molecule has 0 saturated carbocycles. The average molecular weight is 371 g/mol. The zero-order chi connectivity index (χ0) is 19.9. The van der Waals surface area contributed by atoms with Gasteiger partial charge in [-0.3, -0.25) is 9.48 Å². The summed E-state index contributed by atoms with van der Waals surface area (Å²) in [5.41, 5.74) is 3.67. The summed E-state index contributed by atoms with van der Waals surface area (Å²) in [6.07, 6.45) is 1.24. The Morgan fingerprint density at radius 3 is 2.44 bits per heavy atom. The second kappa shape index (κ2) is 6.71. The fraction of sp³-hybridized carbons (Fsp3) is 0.353. The van der Waals surface area contributed by atoms with Crippen LogP contribution in [0.5, 0.6) is 0 Å². The van der Waals surface area contributed by atoms with Crippen molar-refractivity contribution >= 4 is 17.6 Å². The van der Waals surface area contributed by atoms with E-state index >= 15 is 0 Å². The first-order chi connectivity index (χ1) is 12.7. The van der Waals surface area contributed by atoms with Crippen molar-refractivity contribution in [2.45, 2.75) is 34.4 Å². The molecule has 0 bridgehead atoms. The number of carbonyl (C=O) groups excluding carboxylic acids is 1. The fourth-order valence-corrected chi connectivity index (χ4v) is 3.00. The average Bonchev–Trinajstić information content (AvgIpc) is 3.20. The number of nitrogens with one attached hydrogen (secondary N) is 1. The molecule has 142 valence electrons. The van der Waals surface area contributed by atoms with Crippen molar-refractivity contribution in [1.82, 2.24) is 29.3 Å². The Bertz CT molecular complexity index is 1040. The molecule has 0 aliphatic heterocycles. The van der Waals surface area contributed by atoms with Gasteiger partial charge in [0.1, 0.15) is 6.67 Å². The number of carboxylic acids is 1. The SMILES string of the molecule is Cc1cc(C)n(Cn2nc(C)c(NC(=O)c3cnn(C)c3C(=O)O)c2C)n1. The van der Waals surface area contributed by atoms with Crippen LogP contribution in [-0.2, 0) is 13.7 Å². The van der Waals surface area contributed by atoms with Crippen LogP contribution < -0.4 is 5.32 Å². The van der Waals surface area contributed by atoms with E-state index in [2.05, 4.69) is 20.6 Å². The van der Waals surface area contributed by atoms with Crippen LogP contribution in [-0.4, -0.2) is 46.3 Å². The van der Waals surface area contributed by atoms with Gasteiger partial charge in [-0.25, -0.2) is 14.2 Å². The fourth-order valence-electron chi connectivity index (χ4n) is 3.00. The molecule has 3 aromatic rings. The summed E-state index contributed by atoms with van der Waals surface area (Å²) in [4.78, 5) is 24.0. The van der Waals surface area contributed by atoms with Crippen LogP contribution in [0.1, 0.15) is 43.6 Å². The molecule has 3 aromatic heterocycles. The van der Waals surface area contributed by atoms with Gasteiger partial charge in [-0.1, -0.05) is 0 Å². The molecule has 0 aliphatic carbocycles. The van der Waals surface area contributed by atoms with Crippen LogP contribution in [0.2, 0.25) is 0 Å². The third kappa shape index (κ3) is 3.33. The number of amides is 1. The maximum atomic E-state index is 12.6. The molecule has 0 saturated heterocycles. The van der Waals surface area contributed by atoms with Crippen molar-refractivity contribution in [3.63, 3.8) is 0 Å². The Morgan fingerprint density at radius 1 is 1.15 bits per heavy atom. The molecule has 10 heteroatoms. The van der Waals surface area contributed by atoms with E-state index in [1.165, 1.54) is 13.2 Å². The van der Waals surface area contributed by atoms with Gasteiger partial charge in [0, 0.05) is 12.7 Å². The summed E-state index contributed by atoms with van der Waals surface area (Å²) in [6.45, 7) is 7.91. The van der Waals surface area contributed by atoms with Crippen molar-refractivity contribution < 1.29 is 14.7 Å². The van der Waals surface area contributed by atoms with Crippen molar-refractivity contribution in [1.29, 1.82) is 0 Å². The lowest BCUT2D eigenvalue weighted by atomic mass is 10.2. The van der Waals surface area contributed by atoms with Gasteiger partial charge in [-0.05, 0) is 33.8 Å². The largest absolute Gasteiger partial charge is 0.477 e. The van der Waals surface area contributed by atoms with E-state index in [0.29, 0.717) is 18.1 Å². The van der Waals surface area contributed by atoms with Crippen molar-refractivity contribution in [2.75, 3.05) is 5.32 Å². The van der Waals surface area contributed by atoms with Gasteiger partial charge in [-0.15, -0.1) is 0 Å². The zero-order valence-electron chi connectivity index (χ0n) is 15.8. The molecule has 0 spiro atoms. The molecule has 3 rings (SSSR count). The highest BCUT2D eigenvalue weighted by atomic mass is 16.4. The number of anilines is 1. The smallest absolute Gasteiger partial charge is 0.354 e. The molecule has 0 aromatic carbocycles. The van der Waals surface area contributed by atoms with Crippen LogP contribution in [0.15, 0.2) is 12.3 Å². The number of carboxylic acid groups (broad SMARTS) is 1. The highest BCUT2D eigenvalue weighted by Crippen LogP contribution is 2.21. The summed E-state index contributed by atoms with van der Waals surface area (Å²) in [7, 11) is 1.48. The molecule has 10 nitrogen and oxygen atoms in total. The number of rotatable bonds is 5. The van der Waals surface area contributed by atoms with E-state index in [1.54, 1.807) is 11.6 Å². The normalized spacial score (nSPS) is 11.0. The Labute approximate surface area is 155 Å². The third-order valence-electron chi connectivity index (χ3n) is 4.38. The number of hydrogen-bond donors (Lipinski definition) is 2. The highest BCUT2D eigenvalue weighted by Gasteiger charge is 2.23. The van der Waals surface area contributed by atoms with E-state index in [9.17, 15) is 14.7 Å². The van der Waals surface area contributed by atoms with Crippen LogP contribution in [0, 0.1) is 27.7 Å². The molecule has 0 radical (unpaired) electrons. The van der Waals surface area contributed by atoms with Crippen molar-refractivity contribution in [3.05, 3.63) is 46.3 Å². The monoisotopic (exact) mass is 371 g/mol. The minimum absolute atomic E-state index is 0.00454. The van der Waals surface area contributed by atoms with E-state index < -0.39 is 11.9 Å². The summed E-state index contributed by atoms with van der Waals surface area (Å²) >= 11 is 0. The second-order valence-corrected chi connectivity index (χ2v) is 6.40. The molecule has 3 heterocycles. The standard InChI is InChI=1S/C17H21N7O3/c1-9-6-10(2)23(20-9)8-24-12(4)14(11(3)21-24)19-16(25)13-7-18-22(5)15(13)17(26)27/h6-7H,8H2,1-5H3,(H,19,25)(H,26,27). The third-order valence-corrected chi connectivity index (χ3v) is 4.38. The van der Waals surface area contributed by atoms with Crippen LogP contribution in [0.25, 0.3) is 0 Å². The number of aryl methyl sites for hydroxylation is 4. The van der Waals surface area contributed by atoms with Gasteiger partial charge in [0.2, 0.25) is 0 Å². The number of hydrogen-bond acceptors (Lipinski definition) is 5. The second-order valence-electron chi connectivity index (χ2n) is 6.40. The summed E-state index contributed by atoms with van der Waals surface area (Å²) in [5, 5.41) is 24.8. The quantitative estimate of drug-likeness (QED) is 0.701. The van der Waals surface area contributed by atoms with Crippen LogP contribution in [0.4, 0.5) is 5.69 Å². The van der Waals surface area contributed by atoms with E-state index in [1.807, 2.05) is 31.5 Å². The predicted octanol–water partition coefficient (Wildman–Crippen LogP) is 1.50. The molecule has 1 amide bonds. The Kier molecular flexibility index (Phi) is 4.56. The topological polar surface area (TPSA) is 120 Å².